The number of hydrogen-bond acceptors (Lipinski definition) is 8. The average Bonchev–Trinajstić information content (AvgIpc) is 3.67. The number of amides is 1. The van der Waals surface area contributed by atoms with Crippen LogP contribution < -0.4 is 0 Å². The molecule has 1 unspecified atom stereocenters. The van der Waals surface area contributed by atoms with Crippen molar-refractivity contribution < 1.29 is 33.4 Å². The van der Waals surface area contributed by atoms with Crippen LogP contribution in [0.4, 0.5) is 0 Å². The van der Waals surface area contributed by atoms with Gasteiger partial charge in [0.2, 0.25) is 5.91 Å². The summed E-state index contributed by atoms with van der Waals surface area (Å²) in [5.41, 5.74) is 0. The monoisotopic (exact) mass is 737 g/mol. The van der Waals surface area contributed by atoms with E-state index in [1.807, 2.05) is 4.90 Å². The Bertz CT molecular complexity index is 868. The van der Waals surface area contributed by atoms with Crippen LogP contribution in [0.15, 0.2) is 0 Å². The number of esters is 2. The first-order chi connectivity index (χ1) is 25.4. The Balaban J connectivity index is 2.46. The first-order valence-electron chi connectivity index (χ1n) is 21.8. The van der Waals surface area contributed by atoms with Crippen molar-refractivity contribution in [1.29, 1.82) is 0 Å². The normalized spacial score (nSPS) is 13.7. The van der Waals surface area contributed by atoms with Crippen LogP contribution in [0.25, 0.3) is 0 Å². The highest BCUT2D eigenvalue weighted by Gasteiger charge is 2.22. The lowest BCUT2D eigenvalue weighted by atomic mass is 10.0. The maximum Gasteiger partial charge on any atom is 0.306 e. The summed E-state index contributed by atoms with van der Waals surface area (Å²) in [6.07, 6.45) is 27.2. The molecule has 0 bridgehead atoms. The molecular formula is C43H80N2O7. The van der Waals surface area contributed by atoms with E-state index in [-0.39, 0.29) is 43.1 Å². The van der Waals surface area contributed by atoms with Crippen LogP contribution in [0.2, 0.25) is 0 Å². The molecule has 0 aromatic rings. The number of likely N-dealkylation sites (tertiary alicyclic amines) is 1. The molecule has 1 rings (SSSR count). The molecule has 1 saturated heterocycles. The van der Waals surface area contributed by atoms with Crippen LogP contribution in [-0.4, -0.2) is 86.2 Å². The molecule has 9 nitrogen and oxygen atoms in total. The molecule has 1 aliphatic rings. The summed E-state index contributed by atoms with van der Waals surface area (Å²) in [5.74, 6) is -0.503. The van der Waals surface area contributed by atoms with Gasteiger partial charge in [-0.2, -0.15) is 0 Å². The summed E-state index contributed by atoms with van der Waals surface area (Å²) in [5, 5.41) is 0. The number of unbranched alkanes of at least 4 members (excludes halogenated alkanes) is 15. The summed E-state index contributed by atoms with van der Waals surface area (Å²) in [6.45, 7) is 11.8. The van der Waals surface area contributed by atoms with E-state index in [1.54, 1.807) is 0 Å². The highest BCUT2D eigenvalue weighted by Crippen LogP contribution is 2.18. The Kier molecular flexibility index (Phi) is 31.8. The zero-order valence-electron chi connectivity index (χ0n) is 34.0. The third-order valence-corrected chi connectivity index (χ3v) is 10.4. The lowest BCUT2D eigenvalue weighted by molar-refractivity contribution is -0.150. The van der Waals surface area contributed by atoms with Crippen molar-refractivity contribution in [3.05, 3.63) is 0 Å². The first-order valence-corrected chi connectivity index (χ1v) is 21.8. The van der Waals surface area contributed by atoms with Gasteiger partial charge >= 0.3 is 11.9 Å². The molecule has 1 fully saturated rings. The van der Waals surface area contributed by atoms with E-state index in [1.165, 1.54) is 83.7 Å². The Morgan fingerprint density at radius 3 is 1.77 bits per heavy atom. The molecule has 0 N–H and O–H groups in total. The van der Waals surface area contributed by atoms with Gasteiger partial charge in [0.05, 0.1) is 13.2 Å². The van der Waals surface area contributed by atoms with E-state index in [2.05, 4.69) is 25.7 Å². The standard InChI is InChI=1S/C43H80N2O7/c1-4-7-10-13-14-19-28-41(47)45(34-25-24-33-44-31-22-23-32-44)35-39(36-50-38-46)37-51-42(48)29-20-15-16-21-30-43(49)52-40(26-17-11-8-5-2)27-18-12-9-6-3/h38-40H,4-37H2,1-3H3. The topological polar surface area (TPSA) is 102 Å². The molecule has 1 amide bonds. The fraction of sp³-hybridized carbons (Fsp3) is 0.907. The van der Waals surface area contributed by atoms with Crippen LogP contribution in [0, 0.1) is 5.92 Å². The zero-order valence-corrected chi connectivity index (χ0v) is 34.0. The molecule has 0 aromatic heterocycles. The molecule has 0 saturated carbocycles. The van der Waals surface area contributed by atoms with Crippen LogP contribution in [0.5, 0.6) is 0 Å². The maximum atomic E-state index is 13.3. The van der Waals surface area contributed by atoms with Gasteiger partial charge in [-0.05, 0) is 90.3 Å². The van der Waals surface area contributed by atoms with E-state index in [4.69, 9.17) is 14.2 Å². The molecule has 0 aromatic carbocycles. The Hall–Kier alpha value is -2.16. The van der Waals surface area contributed by atoms with Gasteiger partial charge in [0, 0.05) is 38.3 Å². The summed E-state index contributed by atoms with van der Waals surface area (Å²) in [6, 6.07) is 0. The largest absolute Gasteiger partial charge is 0.467 e. The average molecular weight is 737 g/mol. The molecule has 1 aliphatic heterocycles. The minimum absolute atomic E-state index is 0.0436. The van der Waals surface area contributed by atoms with Crippen LogP contribution in [0.1, 0.15) is 194 Å². The van der Waals surface area contributed by atoms with Crippen molar-refractivity contribution in [2.45, 2.75) is 200 Å². The number of hydrogen-bond donors (Lipinski definition) is 0. The van der Waals surface area contributed by atoms with E-state index < -0.39 is 0 Å². The van der Waals surface area contributed by atoms with Gasteiger partial charge in [-0.3, -0.25) is 19.2 Å². The fourth-order valence-electron chi connectivity index (χ4n) is 7.10. The highest BCUT2D eigenvalue weighted by atomic mass is 16.5. The number of carbonyl (C=O) groups excluding carboxylic acids is 4. The number of rotatable bonds is 37. The third kappa shape index (κ3) is 27.4. The van der Waals surface area contributed by atoms with E-state index in [9.17, 15) is 19.2 Å². The second kappa shape index (κ2) is 34.6. The molecule has 0 radical (unpaired) electrons. The highest BCUT2D eigenvalue weighted by molar-refractivity contribution is 5.76. The zero-order chi connectivity index (χ0) is 37.9. The van der Waals surface area contributed by atoms with Gasteiger partial charge < -0.3 is 24.0 Å². The van der Waals surface area contributed by atoms with Gasteiger partial charge in [-0.25, -0.2) is 0 Å². The van der Waals surface area contributed by atoms with E-state index in [0.29, 0.717) is 45.2 Å². The second-order valence-electron chi connectivity index (χ2n) is 15.3. The molecule has 0 aliphatic carbocycles. The molecule has 0 spiro atoms. The summed E-state index contributed by atoms with van der Waals surface area (Å²) >= 11 is 0. The van der Waals surface area contributed by atoms with Crippen molar-refractivity contribution in [1.82, 2.24) is 9.80 Å². The number of ether oxygens (including phenoxy) is 3. The molecule has 304 valence electrons. The lowest BCUT2D eigenvalue weighted by Crippen LogP contribution is -2.39. The van der Waals surface area contributed by atoms with Crippen molar-refractivity contribution in [3.8, 4) is 0 Å². The van der Waals surface area contributed by atoms with Gasteiger partial charge in [0.25, 0.3) is 6.47 Å². The van der Waals surface area contributed by atoms with Crippen molar-refractivity contribution in [2.75, 3.05) is 45.9 Å². The lowest BCUT2D eigenvalue weighted by Gasteiger charge is -2.28. The van der Waals surface area contributed by atoms with Gasteiger partial charge in [-0.15, -0.1) is 0 Å². The van der Waals surface area contributed by atoms with Crippen molar-refractivity contribution in [2.24, 2.45) is 5.92 Å². The van der Waals surface area contributed by atoms with Crippen LogP contribution in [-0.2, 0) is 33.4 Å². The summed E-state index contributed by atoms with van der Waals surface area (Å²) < 4.78 is 16.6. The first kappa shape index (κ1) is 47.9. The number of carbonyl (C=O) groups is 4. The minimum atomic E-state index is -0.278. The Morgan fingerprint density at radius 1 is 0.635 bits per heavy atom. The SMILES string of the molecule is CCCCCCCCC(=O)N(CCCCN1CCCC1)CC(COC=O)COC(=O)CCCCCCC(=O)OC(CCCCCC)CCCCCC. The predicted octanol–water partition coefficient (Wildman–Crippen LogP) is 9.97. The quantitative estimate of drug-likeness (QED) is 0.0269. The van der Waals surface area contributed by atoms with Crippen LogP contribution in [0.3, 0.4) is 0 Å². The van der Waals surface area contributed by atoms with Gasteiger partial charge in [-0.1, -0.05) is 104 Å². The van der Waals surface area contributed by atoms with Crippen molar-refractivity contribution >= 4 is 24.3 Å². The van der Waals surface area contributed by atoms with Crippen LogP contribution >= 0.6 is 0 Å². The minimum Gasteiger partial charge on any atom is -0.467 e. The smallest absolute Gasteiger partial charge is 0.306 e. The molecular weight excluding hydrogens is 656 g/mol. The fourth-order valence-corrected chi connectivity index (χ4v) is 7.10. The molecule has 52 heavy (non-hydrogen) atoms. The van der Waals surface area contributed by atoms with Gasteiger partial charge in [0.1, 0.15) is 6.10 Å². The third-order valence-electron chi connectivity index (χ3n) is 10.4. The van der Waals surface area contributed by atoms with E-state index in [0.717, 1.165) is 83.6 Å². The molecule has 1 atom stereocenters. The second-order valence-corrected chi connectivity index (χ2v) is 15.3. The molecule has 1 heterocycles. The Morgan fingerprint density at radius 2 is 1.17 bits per heavy atom. The summed E-state index contributed by atoms with van der Waals surface area (Å²) in [4.78, 5) is 54.1. The van der Waals surface area contributed by atoms with E-state index >= 15 is 0 Å². The maximum absolute atomic E-state index is 13.3. The Labute approximate surface area is 319 Å². The number of nitrogens with zero attached hydrogens (tertiary/aromatic N) is 2. The molecule has 9 heteroatoms. The van der Waals surface area contributed by atoms with Gasteiger partial charge in [0.15, 0.2) is 0 Å². The summed E-state index contributed by atoms with van der Waals surface area (Å²) in [7, 11) is 0. The van der Waals surface area contributed by atoms with Crippen molar-refractivity contribution in [3.63, 3.8) is 0 Å². The predicted molar refractivity (Wildman–Crippen MR) is 211 cm³/mol.